The number of carbonyl (C=O) groups excluding carboxylic acids is 2. The number of nitro benzene ring substituents is 1. The molecule has 12 heteroatoms. The van der Waals surface area contributed by atoms with Crippen molar-refractivity contribution in [3.8, 4) is 5.75 Å². The third-order valence-electron chi connectivity index (χ3n) is 5.15. The second-order valence-electron chi connectivity index (χ2n) is 7.45. The predicted molar refractivity (Wildman–Crippen MR) is 127 cm³/mol. The molecule has 1 N–H and O–H groups in total. The summed E-state index contributed by atoms with van der Waals surface area (Å²) in [6.45, 7) is 1.15. The summed E-state index contributed by atoms with van der Waals surface area (Å²) in [5.41, 5.74) is 0.366. The van der Waals surface area contributed by atoms with E-state index in [0.29, 0.717) is 11.3 Å². The summed E-state index contributed by atoms with van der Waals surface area (Å²) in [5, 5.41) is 13.7. The van der Waals surface area contributed by atoms with E-state index in [1.54, 1.807) is 31.2 Å². The van der Waals surface area contributed by atoms with Gasteiger partial charge < -0.3 is 15.0 Å². The Morgan fingerprint density at radius 2 is 1.82 bits per heavy atom. The van der Waals surface area contributed by atoms with Crippen LogP contribution >= 0.6 is 0 Å². The van der Waals surface area contributed by atoms with Gasteiger partial charge >= 0.3 is 0 Å². The van der Waals surface area contributed by atoms with Crippen molar-refractivity contribution in [2.75, 3.05) is 31.3 Å². The lowest BCUT2D eigenvalue weighted by molar-refractivity contribution is -0.384. The van der Waals surface area contributed by atoms with Gasteiger partial charge in [-0.3, -0.25) is 24.0 Å². The van der Waals surface area contributed by atoms with Crippen molar-refractivity contribution in [3.05, 3.63) is 64.2 Å². The van der Waals surface area contributed by atoms with Gasteiger partial charge in [0, 0.05) is 25.7 Å². The zero-order chi connectivity index (χ0) is 25.5. The van der Waals surface area contributed by atoms with E-state index in [1.165, 1.54) is 37.3 Å². The second kappa shape index (κ2) is 11.5. The van der Waals surface area contributed by atoms with E-state index in [4.69, 9.17) is 4.74 Å². The van der Waals surface area contributed by atoms with E-state index in [-0.39, 0.29) is 24.3 Å². The number of hydrogen-bond acceptors (Lipinski definition) is 7. The first-order chi connectivity index (χ1) is 16.0. The van der Waals surface area contributed by atoms with Gasteiger partial charge in [-0.2, -0.15) is 0 Å². The van der Waals surface area contributed by atoms with Crippen molar-refractivity contribution in [2.24, 2.45) is 0 Å². The van der Waals surface area contributed by atoms with Gasteiger partial charge in [0.1, 0.15) is 18.3 Å². The molecule has 0 heterocycles. The van der Waals surface area contributed by atoms with Crippen molar-refractivity contribution in [1.82, 2.24) is 10.2 Å². The first kappa shape index (κ1) is 26.6. The van der Waals surface area contributed by atoms with Crippen LogP contribution in [0.3, 0.4) is 0 Å². The molecule has 0 aliphatic rings. The first-order valence-corrected chi connectivity index (χ1v) is 12.2. The third-order valence-corrected chi connectivity index (χ3v) is 6.29. The quantitative estimate of drug-likeness (QED) is 0.373. The smallest absolute Gasteiger partial charge is 0.271 e. The monoisotopic (exact) mass is 492 g/mol. The van der Waals surface area contributed by atoms with Crippen molar-refractivity contribution < 1.29 is 27.7 Å². The lowest BCUT2D eigenvalue weighted by atomic mass is 10.1. The molecule has 0 fully saturated rings. The van der Waals surface area contributed by atoms with Crippen LogP contribution in [0.1, 0.15) is 18.9 Å². The van der Waals surface area contributed by atoms with Crippen LogP contribution in [0.2, 0.25) is 0 Å². The zero-order valence-electron chi connectivity index (χ0n) is 19.4. The number of methoxy groups -OCH3 is 1. The summed E-state index contributed by atoms with van der Waals surface area (Å²) >= 11 is 0. The van der Waals surface area contributed by atoms with Crippen LogP contribution in [-0.2, 0) is 26.2 Å². The molecular formula is C22H28N4O7S. The number of carbonyl (C=O) groups is 2. The Hall–Kier alpha value is -3.67. The summed E-state index contributed by atoms with van der Waals surface area (Å²) in [5.74, 6) is -0.414. The van der Waals surface area contributed by atoms with Gasteiger partial charge in [0.2, 0.25) is 21.8 Å². The molecule has 0 aromatic heterocycles. The Balaban J connectivity index is 2.45. The number of nitrogens with zero attached hydrogens (tertiary/aromatic N) is 3. The Labute approximate surface area is 198 Å². The fourth-order valence-corrected chi connectivity index (χ4v) is 4.23. The normalized spacial score (nSPS) is 11.9. The number of likely N-dealkylation sites (N-methyl/N-ethyl adjacent to an activating group) is 1. The molecule has 184 valence electrons. The van der Waals surface area contributed by atoms with Crippen LogP contribution in [0, 0.1) is 10.1 Å². The lowest BCUT2D eigenvalue weighted by Gasteiger charge is -2.32. The van der Waals surface area contributed by atoms with Gasteiger partial charge in [-0.25, -0.2) is 8.42 Å². The fraction of sp³-hybridized carbons (Fsp3) is 0.364. The van der Waals surface area contributed by atoms with Crippen LogP contribution < -0.4 is 14.4 Å². The molecule has 34 heavy (non-hydrogen) atoms. The van der Waals surface area contributed by atoms with Crippen LogP contribution in [0.4, 0.5) is 11.4 Å². The topological polar surface area (TPSA) is 139 Å². The van der Waals surface area contributed by atoms with Crippen LogP contribution in [0.15, 0.2) is 48.5 Å². The second-order valence-corrected chi connectivity index (χ2v) is 9.36. The Morgan fingerprint density at radius 1 is 1.18 bits per heavy atom. The summed E-state index contributed by atoms with van der Waals surface area (Å²) < 4.78 is 31.0. The number of non-ortho nitro benzene ring substituents is 1. The molecule has 2 aromatic carbocycles. The molecule has 2 aromatic rings. The summed E-state index contributed by atoms with van der Waals surface area (Å²) in [6, 6.07) is 11.1. The molecule has 0 saturated carbocycles. The summed E-state index contributed by atoms with van der Waals surface area (Å²) in [4.78, 5) is 37.7. The number of nitrogens with one attached hydrogen (secondary N) is 1. The lowest BCUT2D eigenvalue weighted by Crippen LogP contribution is -2.51. The SMILES string of the molecule is CC[C@H](C(=O)NC)N(Cc1ccc(OC)cc1)C(=O)CN(c1cccc([N+](=O)[O-])c1)S(C)(=O)=O. The van der Waals surface area contributed by atoms with Gasteiger partial charge in [-0.05, 0) is 30.2 Å². The average Bonchev–Trinajstić information content (AvgIpc) is 2.81. The van der Waals surface area contributed by atoms with Crippen molar-refractivity contribution in [3.63, 3.8) is 0 Å². The molecule has 1 atom stereocenters. The van der Waals surface area contributed by atoms with Crippen LogP contribution in [0.25, 0.3) is 0 Å². The number of amides is 2. The predicted octanol–water partition coefficient (Wildman–Crippen LogP) is 1.92. The van der Waals surface area contributed by atoms with Gasteiger partial charge in [-0.1, -0.05) is 25.1 Å². The van der Waals surface area contributed by atoms with E-state index in [0.717, 1.165) is 16.6 Å². The van der Waals surface area contributed by atoms with E-state index in [1.807, 2.05) is 0 Å². The molecule has 0 radical (unpaired) electrons. The van der Waals surface area contributed by atoms with Crippen molar-refractivity contribution >= 4 is 33.2 Å². The zero-order valence-corrected chi connectivity index (χ0v) is 20.2. The maximum atomic E-state index is 13.4. The summed E-state index contributed by atoms with van der Waals surface area (Å²) in [7, 11) is -1.01. The minimum absolute atomic E-state index is 0.0255. The van der Waals surface area contributed by atoms with Crippen molar-refractivity contribution in [1.29, 1.82) is 0 Å². The van der Waals surface area contributed by atoms with E-state index >= 15 is 0 Å². The number of rotatable bonds is 11. The highest BCUT2D eigenvalue weighted by Crippen LogP contribution is 2.24. The molecule has 0 saturated heterocycles. The van der Waals surface area contributed by atoms with Gasteiger partial charge in [0.05, 0.1) is 24.0 Å². The van der Waals surface area contributed by atoms with Gasteiger partial charge in [0.25, 0.3) is 5.69 Å². The molecule has 0 aliphatic heterocycles. The molecule has 11 nitrogen and oxygen atoms in total. The van der Waals surface area contributed by atoms with Crippen molar-refractivity contribution in [2.45, 2.75) is 25.9 Å². The minimum Gasteiger partial charge on any atom is -0.497 e. The van der Waals surface area contributed by atoms with E-state index in [9.17, 15) is 28.1 Å². The molecular weight excluding hydrogens is 464 g/mol. The third kappa shape index (κ3) is 6.67. The van der Waals surface area contributed by atoms with Crippen LogP contribution in [0.5, 0.6) is 5.75 Å². The van der Waals surface area contributed by atoms with E-state index < -0.39 is 39.3 Å². The number of nitro groups is 1. The fourth-order valence-electron chi connectivity index (χ4n) is 3.39. The molecule has 2 rings (SSSR count). The minimum atomic E-state index is -3.98. The van der Waals surface area contributed by atoms with E-state index in [2.05, 4.69) is 5.32 Å². The number of hydrogen-bond donors (Lipinski definition) is 1. The maximum Gasteiger partial charge on any atom is 0.271 e. The Kier molecular flexibility index (Phi) is 8.96. The number of benzene rings is 2. The largest absolute Gasteiger partial charge is 0.497 e. The molecule has 0 bridgehead atoms. The highest BCUT2D eigenvalue weighted by Gasteiger charge is 2.31. The highest BCUT2D eigenvalue weighted by molar-refractivity contribution is 7.92. The number of sulfonamides is 1. The average molecular weight is 493 g/mol. The Bertz CT molecular complexity index is 1140. The number of anilines is 1. The number of ether oxygens (including phenoxy) is 1. The maximum absolute atomic E-state index is 13.4. The van der Waals surface area contributed by atoms with Gasteiger partial charge in [0.15, 0.2) is 0 Å². The van der Waals surface area contributed by atoms with Crippen LogP contribution in [-0.4, -0.2) is 63.1 Å². The molecule has 0 spiro atoms. The first-order valence-electron chi connectivity index (χ1n) is 10.4. The standard InChI is InChI=1S/C22H28N4O7S/c1-5-20(22(28)23-2)24(14-16-9-11-19(33-3)12-10-16)21(27)15-25(34(4,31)32)17-7-6-8-18(13-17)26(29)30/h6-13,20H,5,14-15H2,1-4H3,(H,23,28)/t20-/m1/s1. The highest BCUT2D eigenvalue weighted by atomic mass is 32.2. The summed E-state index contributed by atoms with van der Waals surface area (Å²) in [6.07, 6.45) is 1.19. The van der Waals surface area contributed by atoms with Gasteiger partial charge in [-0.15, -0.1) is 0 Å². The molecule has 0 aliphatic carbocycles. The Morgan fingerprint density at radius 3 is 2.32 bits per heavy atom. The molecule has 2 amide bonds. The molecule has 0 unspecified atom stereocenters.